The summed E-state index contributed by atoms with van der Waals surface area (Å²) in [6.45, 7) is -8.21. The maximum absolute atomic E-state index is 10.8. The molecule has 0 amide bonds. The molecule has 0 spiro atoms. The topological polar surface area (TPSA) is 63.3 Å². The van der Waals surface area contributed by atoms with Crippen LogP contribution in [0, 0.1) is 11.8 Å². The molecule has 0 aromatic carbocycles. The Morgan fingerprint density at radius 1 is 1.91 bits per heavy atom. The van der Waals surface area contributed by atoms with Crippen LogP contribution in [-0.2, 0) is 4.79 Å². The summed E-state index contributed by atoms with van der Waals surface area (Å²) in [4.78, 5) is 10.8. The van der Waals surface area contributed by atoms with E-state index in [0.29, 0.717) is 0 Å². The molecule has 0 fully saturated rings. The summed E-state index contributed by atoms with van der Waals surface area (Å²) in [5.74, 6) is -8.15. The molecule has 0 heterocycles. The Bertz CT molecular complexity index is 389. The summed E-state index contributed by atoms with van der Waals surface area (Å²) < 4.78 is 74.4. The number of hydrogen-bond acceptors (Lipinski definition) is 2. The first-order chi connectivity index (χ1) is 8.98. The van der Waals surface area contributed by atoms with Gasteiger partial charge in [0.2, 0.25) is 0 Å². The highest BCUT2D eigenvalue weighted by Crippen LogP contribution is 2.13. The van der Waals surface area contributed by atoms with Gasteiger partial charge in [0.05, 0.1) is 0 Å². The summed E-state index contributed by atoms with van der Waals surface area (Å²) in [6, 6.07) is 0. The van der Waals surface area contributed by atoms with E-state index in [-0.39, 0.29) is 0 Å². The largest absolute Gasteiger partial charge is 0.481 e. The second-order valence-corrected chi connectivity index (χ2v) is 1.88. The molecule has 0 radical (unpaired) electrons. The van der Waals surface area contributed by atoms with E-state index in [4.69, 9.17) is 24.5 Å². The number of rotatable bonds is 5. The lowest BCUT2D eigenvalue weighted by atomic mass is 9.94. The Morgan fingerprint density at radius 3 is 2.91 bits per heavy atom. The van der Waals surface area contributed by atoms with Crippen molar-refractivity contribution < 1.29 is 23.6 Å². The van der Waals surface area contributed by atoms with E-state index in [2.05, 4.69) is 0 Å². The molecule has 1 atom stereocenters. The van der Waals surface area contributed by atoms with Gasteiger partial charge in [0, 0.05) is 20.1 Å². The highest BCUT2D eigenvalue weighted by Gasteiger charge is 2.12. The zero-order valence-corrected chi connectivity index (χ0v) is 5.85. The smallest absolute Gasteiger partial charge is 0.303 e. The summed E-state index contributed by atoms with van der Waals surface area (Å²) in [5, 5.41) is 8.73. The molecule has 3 nitrogen and oxygen atoms in total. The van der Waals surface area contributed by atoms with Gasteiger partial charge in [-0.2, -0.15) is 0 Å². The third-order valence-corrected chi connectivity index (χ3v) is 0.913. The second kappa shape index (κ2) is 5.13. The molecule has 0 unspecified atom stereocenters. The molecule has 3 N–H and O–H groups in total. The average molecular weight is 169 g/mol. The first-order valence-corrected chi connectivity index (χ1v) is 2.90. The quantitative estimate of drug-likeness (QED) is 0.647. The molecular weight excluding hydrogens is 142 g/mol. The van der Waals surface area contributed by atoms with Crippen molar-refractivity contribution in [2.24, 2.45) is 17.5 Å². The highest BCUT2D eigenvalue weighted by molar-refractivity contribution is 5.67. The molecule has 0 aromatic heterocycles. The van der Waals surface area contributed by atoms with Gasteiger partial charge in [0.1, 0.15) is 0 Å². The van der Waals surface area contributed by atoms with Gasteiger partial charge in [-0.25, -0.2) is 0 Å². The third kappa shape index (κ3) is 5.85. The van der Waals surface area contributed by atoms with E-state index in [9.17, 15) is 4.79 Å². The predicted octanol–water partition coefficient (Wildman–Crippen LogP) is 1.08. The van der Waals surface area contributed by atoms with Crippen LogP contribution in [0.1, 0.15) is 40.2 Å². The molecule has 66 valence electrons. The lowest BCUT2D eigenvalue weighted by Crippen LogP contribution is -2.19. The van der Waals surface area contributed by atoms with Crippen molar-refractivity contribution in [1.29, 1.82) is 0 Å². The van der Waals surface area contributed by atoms with Crippen LogP contribution in [0.5, 0.6) is 0 Å². The van der Waals surface area contributed by atoms with Crippen molar-refractivity contribution in [2.45, 2.75) is 26.5 Å². The molecule has 3 heteroatoms. The third-order valence-electron chi connectivity index (χ3n) is 0.913. The number of carboxylic acids is 1. The van der Waals surface area contributed by atoms with Crippen molar-refractivity contribution in [3.05, 3.63) is 0 Å². The number of carboxylic acid groups (broad SMARTS) is 1. The van der Waals surface area contributed by atoms with Gasteiger partial charge in [0.25, 0.3) is 0 Å². The normalized spacial score (nSPS) is 34.3. The van der Waals surface area contributed by atoms with E-state index in [0.717, 1.165) is 0 Å². The van der Waals surface area contributed by atoms with Gasteiger partial charge < -0.3 is 10.8 Å². The van der Waals surface area contributed by atoms with Gasteiger partial charge >= 0.3 is 5.97 Å². The monoisotopic (exact) mass is 169 g/mol. The molecule has 0 aliphatic rings. The number of carbonyl (C=O) groups is 1. The van der Waals surface area contributed by atoms with Crippen LogP contribution >= 0.6 is 0 Å². The number of hydrogen-bond donors (Lipinski definition) is 2. The molecule has 0 aromatic rings. The summed E-state index contributed by atoms with van der Waals surface area (Å²) in [5.41, 5.74) is 5.18. The van der Waals surface area contributed by atoms with Gasteiger partial charge in [0.15, 0.2) is 0 Å². The minimum Gasteiger partial charge on any atom is -0.481 e. The first-order valence-electron chi connectivity index (χ1n) is 7.90. The van der Waals surface area contributed by atoms with Gasteiger partial charge in [-0.15, -0.1) is 0 Å². The van der Waals surface area contributed by atoms with Crippen LogP contribution in [0.3, 0.4) is 0 Å². The zero-order valence-electron chi connectivity index (χ0n) is 15.8. The Kier molecular flexibility index (Phi) is 1.15. The van der Waals surface area contributed by atoms with Crippen molar-refractivity contribution in [1.82, 2.24) is 0 Å². The highest BCUT2D eigenvalue weighted by atomic mass is 16.4. The van der Waals surface area contributed by atoms with E-state index in [1.807, 2.05) is 0 Å². The Hall–Kier alpha value is -0.570. The standard InChI is InChI=1S/C8H17NO2/c1-6(2)3-7(5-9)4-8(10)11/h6-7H,3-5,9H2,1-2H3,(H,10,11)/t7-/m0/s1/i1D3,2D3,3D2,6D,7D. The van der Waals surface area contributed by atoms with Crippen molar-refractivity contribution in [2.75, 3.05) is 6.54 Å². The van der Waals surface area contributed by atoms with Crippen LogP contribution in [0.25, 0.3) is 0 Å². The van der Waals surface area contributed by atoms with Gasteiger partial charge in [-0.3, -0.25) is 4.79 Å². The number of aliphatic carboxylic acids is 1. The van der Waals surface area contributed by atoms with Crippen molar-refractivity contribution in [3.8, 4) is 0 Å². The molecule has 11 heavy (non-hydrogen) atoms. The summed E-state index contributed by atoms with van der Waals surface area (Å²) in [7, 11) is 0. The SMILES string of the molecule is [2H]C([2H])([2H])C([2H])(C([2H])([2H])[2H])C([2H])([2H])[C@]([2H])(CN)CC(=O)O. The maximum Gasteiger partial charge on any atom is 0.303 e. The lowest BCUT2D eigenvalue weighted by molar-refractivity contribution is -0.138. The van der Waals surface area contributed by atoms with Crippen LogP contribution in [0.2, 0.25) is 0 Å². The average Bonchev–Trinajstić information content (AvgIpc) is 2.23. The second-order valence-electron chi connectivity index (χ2n) is 1.88. The minimum absolute atomic E-state index is 0.959. The fourth-order valence-corrected chi connectivity index (χ4v) is 0.527. The first kappa shape index (κ1) is 2.46. The van der Waals surface area contributed by atoms with Crippen LogP contribution in [0.15, 0.2) is 0 Å². The Morgan fingerprint density at radius 2 is 2.55 bits per heavy atom. The minimum atomic E-state index is -3.70. The molecular formula is C8H17NO2. The van der Waals surface area contributed by atoms with Crippen LogP contribution < -0.4 is 5.73 Å². The molecule has 0 bridgehead atoms. The van der Waals surface area contributed by atoms with E-state index in [1.54, 1.807) is 0 Å². The van der Waals surface area contributed by atoms with E-state index >= 15 is 0 Å². The van der Waals surface area contributed by atoms with Gasteiger partial charge in [-0.1, -0.05) is 13.7 Å². The van der Waals surface area contributed by atoms with Crippen LogP contribution in [-0.4, -0.2) is 17.6 Å². The predicted molar refractivity (Wildman–Crippen MR) is 44.3 cm³/mol. The number of nitrogens with two attached hydrogens (primary N) is 1. The molecule has 0 aliphatic heterocycles. The lowest BCUT2D eigenvalue weighted by Gasteiger charge is -2.13. The van der Waals surface area contributed by atoms with Gasteiger partial charge in [-0.05, 0) is 24.7 Å². The maximum atomic E-state index is 10.8. The van der Waals surface area contributed by atoms with Crippen molar-refractivity contribution >= 4 is 5.97 Å². The molecule has 0 saturated carbocycles. The fourth-order valence-electron chi connectivity index (χ4n) is 0.527. The Labute approximate surface area is 81.6 Å². The molecule has 0 aliphatic carbocycles. The zero-order chi connectivity index (χ0) is 17.5. The molecule has 0 saturated heterocycles. The summed E-state index contributed by atoms with van der Waals surface area (Å²) in [6.07, 6.45) is -4.77. The van der Waals surface area contributed by atoms with Crippen molar-refractivity contribution in [3.63, 3.8) is 0 Å². The fraction of sp³-hybridized carbons (Fsp3) is 0.875. The Balaban J connectivity index is 6.30. The van der Waals surface area contributed by atoms with E-state index < -0.39 is 50.8 Å². The molecule has 0 rings (SSSR count). The van der Waals surface area contributed by atoms with E-state index in [1.165, 1.54) is 0 Å². The van der Waals surface area contributed by atoms with Crippen LogP contribution in [0.4, 0.5) is 0 Å². The summed E-state index contributed by atoms with van der Waals surface area (Å²) >= 11 is 0.